The minimum Gasteiger partial charge on any atom is -0.223 e. The maximum Gasteiger partial charge on any atom is 0.188 e. The first-order valence-corrected chi connectivity index (χ1v) is 8.50. The molecule has 0 unspecified atom stereocenters. The van der Waals surface area contributed by atoms with E-state index in [9.17, 15) is 17.2 Å². The van der Waals surface area contributed by atoms with Crippen LogP contribution in [-0.2, 0) is 14.6 Å². The topological polar surface area (TPSA) is 34.1 Å². The molecule has 0 N–H and O–H groups in total. The molecule has 2 aromatic rings. The lowest BCUT2D eigenvalue weighted by Gasteiger charge is -2.41. The Balaban J connectivity index is 2.17. The van der Waals surface area contributed by atoms with Crippen molar-refractivity contribution in [3.63, 3.8) is 0 Å². The number of rotatable bonds is 3. The molecule has 0 bridgehead atoms. The van der Waals surface area contributed by atoms with E-state index in [-0.39, 0.29) is 23.3 Å². The second-order valence-corrected chi connectivity index (χ2v) is 7.97. The minimum atomic E-state index is -3.87. The molecule has 1 fully saturated rings. The van der Waals surface area contributed by atoms with Gasteiger partial charge in [0.25, 0.3) is 0 Å². The highest BCUT2D eigenvalue weighted by Crippen LogP contribution is 2.51. The first kappa shape index (κ1) is 15.4. The molecule has 2 nitrogen and oxygen atoms in total. The average Bonchev–Trinajstić information content (AvgIpc) is 2.41. The van der Waals surface area contributed by atoms with E-state index in [2.05, 4.69) is 0 Å². The molecule has 0 aromatic heterocycles. The van der Waals surface area contributed by atoms with Crippen LogP contribution in [0.1, 0.15) is 18.4 Å². The summed E-state index contributed by atoms with van der Waals surface area (Å²) in [5.74, 6) is -1.37. The van der Waals surface area contributed by atoms with Gasteiger partial charge in [-0.25, -0.2) is 17.2 Å². The lowest BCUT2D eigenvalue weighted by molar-refractivity contribution is 0.411. The molecule has 3 rings (SSSR count). The van der Waals surface area contributed by atoms with Crippen LogP contribution in [0.2, 0.25) is 5.02 Å². The fourth-order valence-electron chi connectivity index (χ4n) is 2.68. The summed E-state index contributed by atoms with van der Waals surface area (Å²) in [6.07, 6.45) is 2.05. The molecule has 1 radical (unpaired) electrons. The second-order valence-electron chi connectivity index (χ2n) is 5.27. The summed E-state index contributed by atoms with van der Waals surface area (Å²) in [6.45, 7) is 0. The van der Waals surface area contributed by atoms with Gasteiger partial charge in [0, 0.05) is 10.6 Å². The third kappa shape index (κ3) is 2.23. The minimum absolute atomic E-state index is 0.0497. The molecular weight excluding hydrogens is 330 g/mol. The molecule has 1 aliphatic rings. The normalized spacial score (nSPS) is 17.0. The van der Waals surface area contributed by atoms with Gasteiger partial charge in [-0.1, -0.05) is 11.6 Å². The lowest BCUT2D eigenvalue weighted by Crippen LogP contribution is -2.43. The Hall–Kier alpha value is -1.46. The van der Waals surface area contributed by atoms with E-state index in [0.717, 1.165) is 18.2 Å². The van der Waals surface area contributed by atoms with Crippen molar-refractivity contribution in [2.45, 2.75) is 22.5 Å². The molecule has 115 valence electrons. The van der Waals surface area contributed by atoms with Crippen LogP contribution in [-0.4, -0.2) is 8.42 Å². The summed E-state index contributed by atoms with van der Waals surface area (Å²) >= 11 is 5.78. The highest BCUT2D eigenvalue weighted by Gasteiger charge is 2.52. The van der Waals surface area contributed by atoms with Crippen LogP contribution in [0.4, 0.5) is 8.78 Å². The van der Waals surface area contributed by atoms with Crippen LogP contribution in [0.25, 0.3) is 0 Å². The molecular formula is C16H12ClF2O2S. The molecule has 0 spiro atoms. The van der Waals surface area contributed by atoms with Gasteiger partial charge >= 0.3 is 0 Å². The van der Waals surface area contributed by atoms with Gasteiger partial charge in [-0.3, -0.25) is 0 Å². The van der Waals surface area contributed by atoms with Gasteiger partial charge in [-0.2, -0.15) is 0 Å². The van der Waals surface area contributed by atoms with Crippen LogP contribution in [0.3, 0.4) is 0 Å². The average molecular weight is 342 g/mol. The molecule has 6 heteroatoms. The van der Waals surface area contributed by atoms with Crippen molar-refractivity contribution in [3.05, 3.63) is 71.1 Å². The Morgan fingerprint density at radius 3 is 2.18 bits per heavy atom. The molecule has 1 aliphatic carbocycles. The number of halogens is 3. The molecule has 0 aliphatic heterocycles. The molecule has 0 heterocycles. The van der Waals surface area contributed by atoms with E-state index >= 15 is 0 Å². The SMILES string of the molecule is O=S(=O)(c1ccc(Cl)cc1)C1(c2cc(F)ccc2F)C[CH]C1. The molecule has 0 saturated heterocycles. The van der Waals surface area contributed by atoms with E-state index in [0.29, 0.717) is 5.02 Å². The van der Waals surface area contributed by atoms with Gasteiger partial charge in [0.05, 0.1) is 4.90 Å². The molecule has 2 aromatic carbocycles. The van der Waals surface area contributed by atoms with Crippen molar-refractivity contribution in [3.8, 4) is 0 Å². The molecule has 0 amide bonds. The lowest BCUT2D eigenvalue weighted by atomic mass is 9.78. The van der Waals surface area contributed by atoms with Gasteiger partial charge in [0.2, 0.25) is 0 Å². The number of hydrogen-bond acceptors (Lipinski definition) is 2. The monoisotopic (exact) mass is 341 g/mol. The standard InChI is InChI=1S/C16H12ClF2O2S/c17-11-2-5-13(6-3-11)22(20,21)16(8-1-9-16)14-10-12(18)4-7-15(14)19/h1-7,10H,8-9H2. The highest BCUT2D eigenvalue weighted by molar-refractivity contribution is 7.92. The van der Waals surface area contributed by atoms with E-state index < -0.39 is 26.2 Å². The Bertz CT molecular complexity index is 813. The smallest absolute Gasteiger partial charge is 0.188 e. The predicted octanol–water partition coefficient (Wildman–Crippen LogP) is 4.29. The van der Waals surface area contributed by atoms with Crippen LogP contribution < -0.4 is 0 Å². The van der Waals surface area contributed by atoms with Gasteiger partial charge in [0.15, 0.2) is 9.84 Å². The zero-order valence-electron chi connectivity index (χ0n) is 11.4. The van der Waals surface area contributed by atoms with E-state index in [1.807, 2.05) is 0 Å². The van der Waals surface area contributed by atoms with Gasteiger partial charge in [0.1, 0.15) is 16.4 Å². The third-order valence-corrected chi connectivity index (χ3v) is 6.73. The Labute approximate surface area is 132 Å². The van der Waals surface area contributed by atoms with Crippen LogP contribution in [0.15, 0.2) is 47.4 Å². The summed E-state index contributed by atoms with van der Waals surface area (Å²) in [6, 6.07) is 8.60. The first-order chi connectivity index (χ1) is 10.4. The maximum absolute atomic E-state index is 14.1. The second kappa shape index (κ2) is 5.32. The van der Waals surface area contributed by atoms with E-state index in [1.54, 1.807) is 6.42 Å². The number of sulfone groups is 1. The Morgan fingerprint density at radius 2 is 1.64 bits per heavy atom. The zero-order valence-corrected chi connectivity index (χ0v) is 13.0. The number of hydrogen-bond donors (Lipinski definition) is 0. The van der Waals surface area contributed by atoms with Crippen LogP contribution >= 0.6 is 11.6 Å². The molecule has 1 saturated carbocycles. The van der Waals surface area contributed by atoms with Crippen molar-refractivity contribution in [2.75, 3.05) is 0 Å². The van der Waals surface area contributed by atoms with Crippen molar-refractivity contribution in [1.82, 2.24) is 0 Å². The first-order valence-electron chi connectivity index (χ1n) is 6.64. The van der Waals surface area contributed by atoms with Crippen molar-refractivity contribution < 1.29 is 17.2 Å². The zero-order chi connectivity index (χ0) is 16.0. The van der Waals surface area contributed by atoms with Gasteiger partial charge in [-0.15, -0.1) is 0 Å². The van der Waals surface area contributed by atoms with Gasteiger partial charge in [-0.05, 0) is 61.7 Å². The fourth-order valence-corrected chi connectivity index (χ4v) is 4.87. The summed E-state index contributed by atoms with van der Waals surface area (Å²) in [5, 5.41) is 0.408. The third-order valence-electron chi connectivity index (χ3n) is 4.01. The highest BCUT2D eigenvalue weighted by atomic mass is 35.5. The van der Waals surface area contributed by atoms with Crippen molar-refractivity contribution in [2.24, 2.45) is 0 Å². The van der Waals surface area contributed by atoms with Gasteiger partial charge < -0.3 is 0 Å². The van der Waals surface area contributed by atoms with E-state index in [1.165, 1.54) is 24.3 Å². The quantitative estimate of drug-likeness (QED) is 0.834. The summed E-state index contributed by atoms with van der Waals surface area (Å²) in [5.41, 5.74) is -0.120. The van der Waals surface area contributed by atoms with Crippen molar-refractivity contribution >= 4 is 21.4 Å². The predicted molar refractivity (Wildman–Crippen MR) is 80.2 cm³/mol. The van der Waals surface area contributed by atoms with Crippen LogP contribution in [0.5, 0.6) is 0 Å². The largest absolute Gasteiger partial charge is 0.223 e. The Morgan fingerprint density at radius 1 is 1.00 bits per heavy atom. The molecule has 22 heavy (non-hydrogen) atoms. The Kier molecular flexibility index (Phi) is 3.73. The molecule has 0 atom stereocenters. The maximum atomic E-state index is 14.1. The summed E-state index contributed by atoms with van der Waals surface area (Å²) in [4.78, 5) is 0.0497. The summed E-state index contributed by atoms with van der Waals surface area (Å²) in [7, 11) is -3.87. The van der Waals surface area contributed by atoms with Crippen molar-refractivity contribution in [1.29, 1.82) is 0 Å². The summed E-state index contributed by atoms with van der Waals surface area (Å²) < 4.78 is 52.1. The van der Waals surface area contributed by atoms with E-state index in [4.69, 9.17) is 11.6 Å². The number of benzene rings is 2. The van der Waals surface area contributed by atoms with Crippen LogP contribution in [0, 0.1) is 18.1 Å². The fraction of sp³-hybridized carbons (Fsp3) is 0.188.